The van der Waals surface area contributed by atoms with Crippen molar-refractivity contribution in [2.45, 2.75) is 149 Å². The molecular formula is C27H60O5Si3. The van der Waals surface area contributed by atoms with Gasteiger partial charge in [-0.1, -0.05) is 69.2 Å². The summed E-state index contributed by atoms with van der Waals surface area (Å²) in [5.74, 6) is -1.51. The Labute approximate surface area is 221 Å². The zero-order chi connectivity index (χ0) is 28.4. The van der Waals surface area contributed by atoms with Gasteiger partial charge in [-0.2, -0.15) is 0 Å². The van der Waals surface area contributed by atoms with E-state index >= 15 is 0 Å². The minimum absolute atomic E-state index is 0.00950. The first-order valence-corrected chi connectivity index (χ1v) is 22.1. The van der Waals surface area contributed by atoms with E-state index < -0.39 is 42.9 Å². The maximum absolute atomic E-state index is 12.2. The number of rotatable bonds is 12. The Morgan fingerprint density at radius 2 is 1.09 bits per heavy atom. The topological polar surface area (TPSA) is 65.0 Å². The fourth-order valence-electron chi connectivity index (χ4n) is 3.16. The molecule has 4 atom stereocenters. The summed E-state index contributed by atoms with van der Waals surface area (Å²) in [6.45, 7) is 38.1. The van der Waals surface area contributed by atoms with Gasteiger partial charge in [0.1, 0.15) is 0 Å². The third-order valence-electron chi connectivity index (χ3n) is 9.15. The van der Waals surface area contributed by atoms with Crippen molar-refractivity contribution in [3.05, 3.63) is 0 Å². The number of carbonyl (C=O) groups is 1. The lowest BCUT2D eigenvalue weighted by Gasteiger charge is -2.46. The monoisotopic (exact) mass is 548 g/mol. The molecule has 0 unspecified atom stereocenters. The van der Waals surface area contributed by atoms with Gasteiger partial charge in [0.15, 0.2) is 25.0 Å². The first-order chi connectivity index (χ1) is 15.2. The largest absolute Gasteiger partial charge is 0.481 e. The highest BCUT2D eigenvalue weighted by molar-refractivity contribution is 6.75. The van der Waals surface area contributed by atoms with Crippen LogP contribution in [0.25, 0.3) is 0 Å². The molecule has 0 aliphatic carbocycles. The highest BCUT2D eigenvalue weighted by Gasteiger charge is 2.47. The standard InChI is InChI=1S/C27H60O5Si3/c1-20(23(21(2)24(28)29)32-35(16,17)27(9,10)11)22(31-34(14,15)26(6,7)8)18-19-30-33(12,13)25(3,4)5/h20-23H,18-19H2,1-17H3,(H,28,29)/t20-,21+,22-,23-/m0/s1. The van der Waals surface area contributed by atoms with E-state index in [1.54, 1.807) is 6.92 Å². The fourth-order valence-corrected chi connectivity index (χ4v) is 7.12. The van der Waals surface area contributed by atoms with Gasteiger partial charge in [-0.05, 0) is 67.7 Å². The highest BCUT2D eigenvalue weighted by atomic mass is 28.4. The molecule has 0 amide bonds. The average molecular weight is 549 g/mol. The lowest BCUT2D eigenvalue weighted by atomic mass is 9.88. The molecule has 0 fully saturated rings. The van der Waals surface area contributed by atoms with Crippen LogP contribution >= 0.6 is 0 Å². The van der Waals surface area contributed by atoms with Crippen molar-refractivity contribution < 1.29 is 23.2 Å². The molecule has 0 saturated heterocycles. The van der Waals surface area contributed by atoms with Gasteiger partial charge >= 0.3 is 5.97 Å². The molecule has 0 spiro atoms. The van der Waals surface area contributed by atoms with Crippen LogP contribution in [0.1, 0.15) is 82.6 Å². The molecule has 0 rings (SSSR count). The van der Waals surface area contributed by atoms with Crippen LogP contribution in [-0.2, 0) is 18.1 Å². The second kappa shape index (κ2) is 11.8. The third-order valence-corrected chi connectivity index (χ3v) is 22.7. The summed E-state index contributed by atoms with van der Waals surface area (Å²) in [7, 11) is -6.20. The lowest BCUT2D eigenvalue weighted by molar-refractivity contribution is -0.146. The molecule has 35 heavy (non-hydrogen) atoms. The van der Waals surface area contributed by atoms with Crippen molar-refractivity contribution in [3.8, 4) is 0 Å². The zero-order valence-corrected chi connectivity index (χ0v) is 29.3. The van der Waals surface area contributed by atoms with E-state index in [0.717, 1.165) is 6.42 Å². The van der Waals surface area contributed by atoms with E-state index in [1.165, 1.54) is 0 Å². The Bertz CT molecular complexity index is 684. The summed E-state index contributed by atoms with van der Waals surface area (Å²) in [6, 6.07) is 0. The summed E-state index contributed by atoms with van der Waals surface area (Å²) in [4.78, 5) is 12.2. The van der Waals surface area contributed by atoms with Crippen molar-refractivity contribution in [1.82, 2.24) is 0 Å². The predicted molar refractivity (Wildman–Crippen MR) is 158 cm³/mol. The van der Waals surface area contributed by atoms with E-state index in [2.05, 4.69) is 109 Å². The molecule has 1 N–H and O–H groups in total. The molecule has 5 nitrogen and oxygen atoms in total. The van der Waals surface area contributed by atoms with E-state index in [0.29, 0.717) is 6.61 Å². The van der Waals surface area contributed by atoms with Gasteiger partial charge in [0.2, 0.25) is 0 Å². The van der Waals surface area contributed by atoms with Crippen molar-refractivity contribution in [1.29, 1.82) is 0 Å². The molecule has 0 aromatic rings. The summed E-state index contributed by atoms with van der Waals surface area (Å²) in [6.07, 6.45) is 0.192. The molecular weight excluding hydrogens is 489 g/mol. The smallest absolute Gasteiger partial charge is 0.308 e. The third kappa shape index (κ3) is 9.67. The summed E-state index contributed by atoms with van der Waals surface area (Å²) < 4.78 is 20.4. The normalized spacial score (nSPS) is 18.2. The first-order valence-electron chi connectivity index (χ1n) is 13.4. The van der Waals surface area contributed by atoms with Crippen molar-refractivity contribution >= 4 is 30.9 Å². The Morgan fingerprint density at radius 1 is 0.714 bits per heavy atom. The fraction of sp³-hybridized carbons (Fsp3) is 0.963. The molecule has 0 aromatic carbocycles. The maximum atomic E-state index is 12.2. The number of aliphatic carboxylic acids is 1. The van der Waals surface area contributed by atoms with Crippen LogP contribution in [0.4, 0.5) is 0 Å². The van der Waals surface area contributed by atoms with Crippen LogP contribution in [0.5, 0.6) is 0 Å². The van der Waals surface area contributed by atoms with Crippen LogP contribution in [0.2, 0.25) is 54.4 Å². The molecule has 0 saturated carbocycles. The number of carboxylic acids is 1. The maximum Gasteiger partial charge on any atom is 0.308 e. The minimum Gasteiger partial charge on any atom is -0.481 e. The Hall–Kier alpha value is 0.000649. The van der Waals surface area contributed by atoms with Crippen molar-refractivity contribution in [3.63, 3.8) is 0 Å². The zero-order valence-electron chi connectivity index (χ0n) is 26.3. The SMILES string of the molecule is C[C@H]([C@H](O[Si](C)(C)C(C)(C)C)[C@@H](C)C(=O)O)[C@H](CCO[Si](C)(C)C(C)(C)C)O[Si](C)(C)C(C)(C)C. The lowest BCUT2D eigenvalue weighted by Crippen LogP contribution is -2.53. The van der Waals surface area contributed by atoms with Crippen LogP contribution in [0.3, 0.4) is 0 Å². The molecule has 210 valence electrons. The number of hydrogen-bond acceptors (Lipinski definition) is 4. The van der Waals surface area contributed by atoms with E-state index in [4.69, 9.17) is 13.3 Å². The number of hydrogen-bond donors (Lipinski definition) is 1. The second-order valence-corrected chi connectivity index (χ2v) is 29.5. The van der Waals surface area contributed by atoms with Gasteiger partial charge in [-0.25, -0.2) is 0 Å². The Morgan fingerprint density at radius 3 is 1.43 bits per heavy atom. The van der Waals surface area contributed by atoms with Gasteiger partial charge in [-0.15, -0.1) is 0 Å². The molecule has 0 aliphatic rings. The van der Waals surface area contributed by atoms with Gasteiger partial charge in [0.25, 0.3) is 0 Å². The molecule has 0 aliphatic heterocycles. The Kier molecular flexibility index (Phi) is 11.8. The van der Waals surface area contributed by atoms with E-state index in [1.807, 2.05) is 0 Å². The Balaban J connectivity index is 6.21. The molecule has 8 heteroatoms. The molecule has 0 heterocycles. The van der Waals surface area contributed by atoms with E-state index in [9.17, 15) is 9.90 Å². The van der Waals surface area contributed by atoms with Crippen LogP contribution in [0, 0.1) is 11.8 Å². The average Bonchev–Trinajstić information content (AvgIpc) is 2.61. The van der Waals surface area contributed by atoms with Gasteiger partial charge in [0, 0.05) is 12.5 Å². The molecule has 0 aromatic heterocycles. The quantitative estimate of drug-likeness (QED) is 0.247. The second-order valence-electron chi connectivity index (χ2n) is 15.1. The summed E-state index contributed by atoms with van der Waals surface area (Å²) in [5.41, 5.74) is 0. The van der Waals surface area contributed by atoms with Gasteiger partial charge < -0.3 is 18.4 Å². The molecule has 0 bridgehead atoms. The number of carboxylic acid groups (broad SMARTS) is 1. The first kappa shape index (κ1) is 35.0. The predicted octanol–water partition coefficient (Wildman–Crippen LogP) is 8.54. The van der Waals surface area contributed by atoms with E-state index in [-0.39, 0.29) is 27.1 Å². The van der Waals surface area contributed by atoms with Crippen molar-refractivity contribution in [2.24, 2.45) is 11.8 Å². The van der Waals surface area contributed by atoms with Crippen molar-refractivity contribution in [2.75, 3.05) is 6.61 Å². The van der Waals surface area contributed by atoms with Gasteiger partial charge in [-0.3, -0.25) is 4.79 Å². The van der Waals surface area contributed by atoms with Crippen LogP contribution in [-0.4, -0.2) is 54.8 Å². The highest BCUT2D eigenvalue weighted by Crippen LogP contribution is 2.43. The molecule has 0 radical (unpaired) electrons. The van der Waals surface area contributed by atoms with Crippen LogP contribution in [0.15, 0.2) is 0 Å². The van der Waals surface area contributed by atoms with Gasteiger partial charge in [0.05, 0.1) is 18.1 Å². The van der Waals surface area contributed by atoms with Crippen LogP contribution < -0.4 is 0 Å². The summed E-state index contributed by atoms with van der Waals surface area (Å²) >= 11 is 0. The summed E-state index contributed by atoms with van der Waals surface area (Å²) in [5, 5.41) is 10.2. The minimum atomic E-state index is -2.20.